The highest BCUT2D eigenvalue weighted by atomic mass is 16.5. The fourth-order valence-electron chi connectivity index (χ4n) is 3.43. The largest absolute Gasteiger partial charge is 0.497 e. The topological polar surface area (TPSA) is 84.9 Å². The molecular weight excluding hydrogens is 384 g/mol. The summed E-state index contributed by atoms with van der Waals surface area (Å²) in [4.78, 5) is 38.8. The van der Waals surface area contributed by atoms with Crippen molar-refractivity contribution in [2.45, 2.75) is 19.8 Å². The molecule has 7 nitrogen and oxygen atoms in total. The smallest absolute Gasteiger partial charge is 0.338 e. The maximum absolute atomic E-state index is 12.7. The van der Waals surface area contributed by atoms with Crippen LogP contribution < -0.4 is 10.1 Å². The van der Waals surface area contributed by atoms with Crippen LogP contribution in [-0.4, -0.2) is 49.5 Å². The number of ether oxygens (including phenoxy) is 2. The van der Waals surface area contributed by atoms with E-state index in [9.17, 15) is 14.4 Å². The van der Waals surface area contributed by atoms with Crippen molar-refractivity contribution in [3.8, 4) is 5.75 Å². The molecular formula is C23H26N2O5. The van der Waals surface area contributed by atoms with Crippen molar-refractivity contribution in [3.05, 3.63) is 59.7 Å². The molecule has 0 saturated carbocycles. The molecule has 1 fully saturated rings. The van der Waals surface area contributed by atoms with Crippen molar-refractivity contribution in [1.82, 2.24) is 4.90 Å². The Bertz CT molecular complexity index is 902. The van der Waals surface area contributed by atoms with Crippen molar-refractivity contribution < 1.29 is 23.9 Å². The Kier molecular flexibility index (Phi) is 7.06. The molecule has 0 unspecified atom stereocenters. The molecule has 1 saturated heterocycles. The minimum atomic E-state index is -0.386. The molecule has 1 aliphatic heterocycles. The first-order chi connectivity index (χ1) is 14.5. The molecule has 1 N–H and O–H groups in total. The van der Waals surface area contributed by atoms with E-state index >= 15 is 0 Å². The maximum Gasteiger partial charge on any atom is 0.338 e. The van der Waals surface area contributed by atoms with E-state index in [0.717, 1.165) is 0 Å². The number of benzene rings is 2. The fraction of sp³-hybridized carbons (Fsp3) is 0.348. The summed E-state index contributed by atoms with van der Waals surface area (Å²) in [5, 5.41) is 2.89. The average Bonchev–Trinajstić information content (AvgIpc) is 2.79. The Morgan fingerprint density at radius 2 is 1.73 bits per heavy atom. The van der Waals surface area contributed by atoms with E-state index in [1.807, 2.05) is 0 Å². The third-order valence-electron chi connectivity index (χ3n) is 5.13. The highest BCUT2D eigenvalue weighted by Crippen LogP contribution is 2.22. The highest BCUT2D eigenvalue weighted by molar-refractivity contribution is 5.96. The van der Waals surface area contributed by atoms with Gasteiger partial charge in [-0.2, -0.15) is 0 Å². The van der Waals surface area contributed by atoms with Gasteiger partial charge in [-0.15, -0.1) is 0 Å². The minimum absolute atomic E-state index is 0.0534. The van der Waals surface area contributed by atoms with Gasteiger partial charge in [0.05, 0.1) is 19.3 Å². The standard InChI is InChI=1S/C23H26N2O5/c1-3-30-23(28)17-7-9-19(10-8-17)24-21(26)16-11-13-25(14-12-16)22(27)18-5-4-6-20(15-18)29-2/h4-10,15-16H,3,11-14H2,1-2H3,(H,24,26). The molecule has 1 heterocycles. The highest BCUT2D eigenvalue weighted by Gasteiger charge is 2.28. The molecule has 158 valence electrons. The number of rotatable bonds is 6. The van der Waals surface area contributed by atoms with E-state index in [4.69, 9.17) is 9.47 Å². The lowest BCUT2D eigenvalue weighted by molar-refractivity contribution is -0.121. The number of nitrogens with one attached hydrogen (secondary N) is 1. The van der Waals surface area contributed by atoms with Gasteiger partial charge in [0.2, 0.25) is 5.91 Å². The first kappa shape index (κ1) is 21.4. The van der Waals surface area contributed by atoms with Crippen LogP contribution in [0.15, 0.2) is 48.5 Å². The second-order valence-corrected chi connectivity index (χ2v) is 7.09. The number of anilines is 1. The van der Waals surface area contributed by atoms with Crippen LogP contribution in [0.5, 0.6) is 5.75 Å². The second-order valence-electron chi connectivity index (χ2n) is 7.09. The van der Waals surface area contributed by atoms with Gasteiger partial charge in [0, 0.05) is 30.3 Å². The van der Waals surface area contributed by atoms with E-state index in [2.05, 4.69) is 5.32 Å². The van der Waals surface area contributed by atoms with Gasteiger partial charge >= 0.3 is 5.97 Å². The number of carbonyl (C=O) groups excluding carboxylic acids is 3. The third kappa shape index (κ3) is 5.17. The number of piperidine rings is 1. The fourth-order valence-corrected chi connectivity index (χ4v) is 3.43. The zero-order valence-electron chi connectivity index (χ0n) is 17.2. The zero-order valence-corrected chi connectivity index (χ0v) is 17.2. The molecule has 30 heavy (non-hydrogen) atoms. The van der Waals surface area contributed by atoms with Gasteiger partial charge in [0.25, 0.3) is 5.91 Å². The Labute approximate surface area is 176 Å². The summed E-state index contributed by atoms with van der Waals surface area (Å²) in [6.45, 7) is 3.12. The molecule has 7 heteroatoms. The lowest BCUT2D eigenvalue weighted by atomic mass is 9.95. The van der Waals surface area contributed by atoms with E-state index < -0.39 is 0 Å². The number of amides is 2. The lowest BCUT2D eigenvalue weighted by Crippen LogP contribution is -2.41. The second kappa shape index (κ2) is 9.91. The summed E-state index contributed by atoms with van der Waals surface area (Å²) in [5.74, 6) is -0.0358. The quantitative estimate of drug-likeness (QED) is 0.738. The number of nitrogens with zero attached hydrogens (tertiary/aromatic N) is 1. The van der Waals surface area contributed by atoms with Gasteiger partial charge in [0.1, 0.15) is 5.75 Å². The van der Waals surface area contributed by atoms with Crippen molar-refractivity contribution >= 4 is 23.5 Å². The number of methoxy groups -OCH3 is 1. The average molecular weight is 410 g/mol. The monoisotopic (exact) mass is 410 g/mol. The number of esters is 1. The van der Waals surface area contributed by atoms with E-state index in [0.29, 0.717) is 55.1 Å². The van der Waals surface area contributed by atoms with Gasteiger partial charge in [-0.1, -0.05) is 6.07 Å². The number of carbonyl (C=O) groups is 3. The first-order valence-electron chi connectivity index (χ1n) is 10.0. The summed E-state index contributed by atoms with van der Waals surface area (Å²) in [6, 6.07) is 13.7. The number of likely N-dealkylation sites (tertiary alicyclic amines) is 1. The van der Waals surface area contributed by atoms with Crippen molar-refractivity contribution in [2.75, 3.05) is 32.1 Å². The molecule has 0 radical (unpaired) electrons. The maximum atomic E-state index is 12.7. The molecule has 2 aromatic carbocycles. The first-order valence-corrected chi connectivity index (χ1v) is 10.0. The van der Waals surface area contributed by atoms with Gasteiger partial charge in [-0.25, -0.2) is 4.79 Å². The van der Waals surface area contributed by atoms with E-state index in [-0.39, 0.29) is 23.7 Å². The molecule has 2 aromatic rings. The molecule has 0 atom stereocenters. The lowest BCUT2D eigenvalue weighted by Gasteiger charge is -2.31. The van der Waals surface area contributed by atoms with Crippen molar-refractivity contribution in [1.29, 1.82) is 0 Å². The summed E-state index contributed by atoms with van der Waals surface area (Å²) < 4.78 is 10.1. The van der Waals surface area contributed by atoms with E-state index in [1.54, 1.807) is 67.5 Å². The van der Waals surface area contributed by atoms with Gasteiger partial charge in [-0.05, 0) is 62.2 Å². The van der Waals surface area contributed by atoms with Crippen LogP contribution in [0.3, 0.4) is 0 Å². The third-order valence-corrected chi connectivity index (χ3v) is 5.13. The molecule has 2 amide bonds. The Morgan fingerprint density at radius 3 is 2.37 bits per heavy atom. The normalized spacial score (nSPS) is 14.1. The van der Waals surface area contributed by atoms with Crippen LogP contribution >= 0.6 is 0 Å². The van der Waals surface area contributed by atoms with E-state index in [1.165, 1.54) is 0 Å². The van der Waals surface area contributed by atoms with Gasteiger partial charge in [-0.3, -0.25) is 9.59 Å². The molecule has 0 spiro atoms. The Balaban J connectivity index is 1.52. The predicted molar refractivity (Wildman–Crippen MR) is 113 cm³/mol. The molecule has 0 aromatic heterocycles. The predicted octanol–water partition coefficient (Wildman–Crippen LogP) is 3.36. The molecule has 1 aliphatic rings. The summed E-state index contributed by atoms with van der Waals surface area (Å²) in [7, 11) is 1.57. The number of hydrogen-bond acceptors (Lipinski definition) is 5. The molecule has 3 rings (SSSR count). The Hall–Kier alpha value is -3.35. The van der Waals surface area contributed by atoms with Gasteiger partial charge < -0.3 is 19.7 Å². The van der Waals surface area contributed by atoms with Crippen LogP contribution in [0.4, 0.5) is 5.69 Å². The summed E-state index contributed by atoms with van der Waals surface area (Å²) >= 11 is 0. The van der Waals surface area contributed by atoms with Crippen LogP contribution in [0.25, 0.3) is 0 Å². The SMILES string of the molecule is CCOC(=O)c1ccc(NC(=O)C2CCN(C(=O)c3cccc(OC)c3)CC2)cc1. The van der Waals surface area contributed by atoms with Crippen LogP contribution in [0.2, 0.25) is 0 Å². The zero-order chi connectivity index (χ0) is 21.5. The van der Waals surface area contributed by atoms with Crippen LogP contribution in [0, 0.1) is 5.92 Å². The molecule has 0 aliphatic carbocycles. The van der Waals surface area contributed by atoms with Gasteiger partial charge in [0.15, 0.2) is 0 Å². The molecule has 0 bridgehead atoms. The van der Waals surface area contributed by atoms with Crippen LogP contribution in [-0.2, 0) is 9.53 Å². The summed E-state index contributed by atoms with van der Waals surface area (Å²) in [5.41, 5.74) is 1.65. The minimum Gasteiger partial charge on any atom is -0.497 e. The Morgan fingerprint density at radius 1 is 1.03 bits per heavy atom. The van der Waals surface area contributed by atoms with Crippen LogP contribution in [0.1, 0.15) is 40.5 Å². The number of hydrogen-bond donors (Lipinski definition) is 1. The van der Waals surface area contributed by atoms with Crippen molar-refractivity contribution in [2.24, 2.45) is 5.92 Å². The summed E-state index contributed by atoms with van der Waals surface area (Å²) in [6.07, 6.45) is 1.20. The van der Waals surface area contributed by atoms with Crippen molar-refractivity contribution in [3.63, 3.8) is 0 Å².